The van der Waals surface area contributed by atoms with Gasteiger partial charge in [-0.15, -0.1) is 23.0 Å². The summed E-state index contributed by atoms with van der Waals surface area (Å²) in [5, 5.41) is 3.44. The van der Waals surface area contributed by atoms with Gasteiger partial charge in [0.1, 0.15) is 10.6 Å². The molecule has 0 fully saturated rings. The molecular formula is C12H14F3N4NaO7S. The number of halogens is 3. The van der Waals surface area contributed by atoms with E-state index in [1.54, 1.807) is 0 Å². The van der Waals surface area contributed by atoms with Gasteiger partial charge in [-0.3, -0.25) is 0 Å². The fourth-order valence-electron chi connectivity index (χ4n) is 1.82. The van der Waals surface area contributed by atoms with Gasteiger partial charge >= 0.3 is 53.7 Å². The van der Waals surface area contributed by atoms with Gasteiger partial charge < -0.3 is 14.9 Å². The zero-order valence-corrected chi connectivity index (χ0v) is 14.5. The number of hydrogen-bond donors (Lipinski definition) is 1. The first kappa shape index (κ1) is 25.9. The monoisotopic (exact) mass is 438 g/mol. The number of nitrogens with zero attached hydrogens (tertiary/aromatic N) is 3. The second-order valence-electron chi connectivity index (χ2n) is 4.65. The third-order valence-electron chi connectivity index (χ3n) is 2.90. The van der Waals surface area contributed by atoms with Gasteiger partial charge in [-0.2, -0.15) is 0 Å². The maximum atomic E-state index is 12.4. The van der Waals surface area contributed by atoms with Crippen LogP contribution in [0.1, 0.15) is 0 Å². The second-order valence-corrected chi connectivity index (χ2v) is 6.30. The summed E-state index contributed by atoms with van der Waals surface area (Å²) in [5.74, 6) is -1.05. The Morgan fingerprint density at radius 1 is 1.25 bits per heavy atom. The van der Waals surface area contributed by atoms with Crippen LogP contribution in [0.4, 0.5) is 18.0 Å². The van der Waals surface area contributed by atoms with Crippen LogP contribution in [0.25, 0.3) is 0 Å². The van der Waals surface area contributed by atoms with Gasteiger partial charge in [0.15, 0.2) is 0 Å². The van der Waals surface area contributed by atoms with Crippen molar-refractivity contribution in [3.63, 3.8) is 0 Å². The predicted octanol–water partition coefficient (Wildman–Crippen LogP) is -1.04. The molecule has 0 atom stereocenters. The minimum atomic E-state index is -5.15. The van der Waals surface area contributed by atoms with Crippen molar-refractivity contribution in [2.24, 2.45) is 7.05 Å². The summed E-state index contributed by atoms with van der Waals surface area (Å²) >= 11 is 0. The molecule has 2 rings (SSSR count). The van der Waals surface area contributed by atoms with Crippen molar-refractivity contribution in [2.45, 2.75) is 11.3 Å². The quantitative estimate of drug-likeness (QED) is 0.599. The van der Waals surface area contributed by atoms with Crippen molar-refractivity contribution >= 4 is 45.6 Å². The summed E-state index contributed by atoms with van der Waals surface area (Å²) in [6.07, 6.45) is -5.15. The van der Waals surface area contributed by atoms with Gasteiger partial charge in [-0.1, -0.05) is 12.1 Å². The Bertz CT molecular complexity index is 1000. The standard InChI is InChI=1S/C12H11F3N4O6S.Na.H2O.H/c1-18-10(24-2)16-19(11(18)21)9(20)17-26(22,23)8-6-4-3-5-7(8)25-12(13,14)15;;;/h3-6H,1-2H3,(H,17,20);;1H2;. The molecule has 11 nitrogen and oxygen atoms in total. The van der Waals surface area contributed by atoms with Gasteiger partial charge in [-0.05, 0) is 12.1 Å². The first-order chi connectivity index (χ1) is 12.0. The van der Waals surface area contributed by atoms with Crippen molar-refractivity contribution in [1.82, 2.24) is 19.1 Å². The van der Waals surface area contributed by atoms with Gasteiger partial charge in [-0.25, -0.2) is 27.3 Å². The number of sulfonamides is 1. The van der Waals surface area contributed by atoms with E-state index >= 15 is 0 Å². The average molecular weight is 438 g/mol. The molecule has 0 saturated carbocycles. The van der Waals surface area contributed by atoms with Crippen LogP contribution in [0.2, 0.25) is 0 Å². The number of carbonyl (C=O) groups excluding carboxylic acids is 1. The van der Waals surface area contributed by atoms with Crippen molar-refractivity contribution in [1.29, 1.82) is 0 Å². The molecule has 0 bridgehead atoms. The minimum absolute atomic E-state index is 0. The number of nitrogens with one attached hydrogen (secondary N) is 1. The van der Waals surface area contributed by atoms with Gasteiger partial charge in [0.05, 0.1) is 7.11 Å². The van der Waals surface area contributed by atoms with Crippen molar-refractivity contribution in [3.8, 4) is 11.8 Å². The zero-order valence-electron chi connectivity index (χ0n) is 13.6. The molecule has 152 valence electrons. The molecule has 1 aromatic carbocycles. The summed E-state index contributed by atoms with van der Waals surface area (Å²) in [4.78, 5) is 22.9. The van der Waals surface area contributed by atoms with Crippen molar-refractivity contribution in [3.05, 3.63) is 34.7 Å². The summed E-state index contributed by atoms with van der Waals surface area (Å²) in [6, 6.07) is 1.97. The first-order valence-corrected chi connectivity index (χ1v) is 8.06. The summed E-state index contributed by atoms with van der Waals surface area (Å²) < 4.78 is 72.4. The number of para-hydroxylation sites is 1. The number of rotatable bonds is 4. The Hall–Kier alpha value is -2.07. The fourth-order valence-corrected chi connectivity index (χ4v) is 2.88. The van der Waals surface area contributed by atoms with E-state index in [2.05, 4.69) is 9.84 Å². The van der Waals surface area contributed by atoms with E-state index < -0.39 is 38.8 Å². The molecule has 0 aliphatic heterocycles. The zero-order chi connectivity index (χ0) is 19.7. The third kappa shape index (κ3) is 5.71. The molecule has 16 heteroatoms. The van der Waals surface area contributed by atoms with Crippen LogP contribution in [-0.4, -0.2) is 77.3 Å². The number of hydrogen-bond acceptors (Lipinski definition) is 7. The molecule has 28 heavy (non-hydrogen) atoms. The Morgan fingerprint density at radius 3 is 2.32 bits per heavy atom. The maximum absolute atomic E-state index is 12.4. The van der Waals surface area contributed by atoms with E-state index in [0.717, 1.165) is 35.9 Å². The topological polar surface area (TPSA) is 153 Å². The van der Waals surface area contributed by atoms with Crippen LogP contribution in [0, 0.1) is 0 Å². The molecule has 3 N–H and O–H groups in total. The molecule has 0 radical (unpaired) electrons. The van der Waals surface area contributed by atoms with E-state index in [1.165, 1.54) is 11.8 Å². The molecule has 0 aliphatic carbocycles. The van der Waals surface area contributed by atoms with Gasteiger partial charge in [0.25, 0.3) is 10.0 Å². The third-order valence-corrected chi connectivity index (χ3v) is 4.26. The van der Waals surface area contributed by atoms with E-state index in [4.69, 9.17) is 4.74 Å². The van der Waals surface area contributed by atoms with E-state index in [-0.39, 0.29) is 45.7 Å². The number of aromatic nitrogens is 3. The normalized spacial score (nSPS) is 11.0. The van der Waals surface area contributed by atoms with Crippen LogP contribution in [0.5, 0.6) is 11.8 Å². The number of amides is 1. The second kappa shape index (κ2) is 9.42. The van der Waals surface area contributed by atoms with Gasteiger partial charge in [0, 0.05) is 7.05 Å². The van der Waals surface area contributed by atoms with Crippen LogP contribution >= 0.6 is 0 Å². The van der Waals surface area contributed by atoms with Crippen LogP contribution < -0.4 is 19.9 Å². The average Bonchev–Trinajstić information content (AvgIpc) is 2.81. The Labute approximate surface area is 177 Å². The number of methoxy groups -OCH3 is 1. The molecule has 0 spiro atoms. The molecule has 1 aromatic heterocycles. The summed E-state index contributed by atoms with van der Waals surface area (Å²) in [6.45, 7) is 0. The van der Waals surface area contributed by atoms with Gasteiger partial charge in [0.2, 0.25) is 0 Å². The van der Waals surface area contributed by atoms with Crippen LogP contribution in [0.3, 0.4) is 0 Å². The van der Waals surface area contributed by atoms with E-state index in [0.29, 0.717) is 0 Å². The molecule has 0 unspecified atom stereocenters. The number of benzene rings is 1. The Kier molecular flexibility index (Phi) is 8.72. The SMILES string of the molecule is COc1nn(C(=O)NS(=O)(=O)c2ccccc2OC(F)(F)F)c(=O)n1C.O.[NaH]. The van der Waals surface area contributed by atoms with Crippen LogP contribution in [0.15, 0.2) is 34.0 Å². The summed E-state index contributed by atoms with van der Waals surface area (Å²) in [7, 11) is -2.45. The van der Waals surface area contributed by atoms with E-state index in [9.17, 15) is 31.2 Å². The number of ether oxygens (including phenoxy) is 2. The summed E-state index contributed by atoms with van der Waals surface area (Å²) in [5.41, 5.74) is -1.03. The molecule has 1 amide bonds. The molecule has 0 saturated heterocycles. The molecular weight excluding hydrogens is 424 g/mol. The number of alkyl halides is 3. The van der Waals surface area contributed by atoms with Crippen molar-refractivity contribution in [2.75, 3.05) is 7.11 Å². The first-order valence-electron chi connectivity index (χ1n) is 6.58. The Morgan fingerprint density at radius 2 is 1.82 bits per heavy atom. The van der Waals surface area contributed by atoms with Crippen LogP contribution in [-0.2, 0) is 17.1 Å². The van der Waals surface area contributed by atoms with E-state index in [1.807, 2.05) is 0 Å². The Balaban J connectivity index is 0.00000364. The molecule has 1 heterocycles. The predicted molar refractivity (Wildman–Crippen MR) is 89.0 cm³/mol. The fraction of sp³-hybridized carbons (Fsp3) is 0.250. The molecule has 2 aromatic rings. The number of carbonyl (C=O) groups is 1. The van der Waals surface area contributed by atoms with Crippen molar-refractivity contribution < 1.29 is 41.3 Å². The molecule has 0 aliphatic rings.